The maximum Gasteiger partial charge on any atom is 0.416 e. The van der Waals surface area contributed by atoms with Gasteiger partial charge in [0, 0.05) is 18.8 Å². The summed E-state index contributed by atoms with van der Waals surface area (Å²) < 4.78 is 37.5. The number of hydrogen-bond donors (Lipinski definition) is 1. The van der Waals surface area contributed by atoms with Gasteiger partial charge >= 0.3 is 6.18 Å². The van der Waals surface area contributed by atoms with Crippen LogP contribution < -0.4 is 10.2 Å². The van der Waals surface area contributed by atoms with E-state index < -0.39 is 11.7 Å². The number of aromatic nitrogens is 3. The zero-order chi connectivity index (χ0) is 16.2. The van der Waals surface area contributed by atoms with Gasteiger partial charge in [0.15, 0.2) is 5.82 Å². The summed E-state index contributed by atoms with van der Waals surface area (Å²) in [5.41, 5.74) is -0.193. The second-order valence-electron chi connectivity index (χ2n) is 4.51. The Kier molecular flexibility index (Phi) is 4.79. The molecule has 0 radical (unpaired) electrons. The molecule has 0 atom stereocenters. The van der Waals surface area contributed by atoms with Crippen LogP contribution in [0.3, 0.4) is 0 Å². The lowest BCUT2D eigenvalue weighted by molar-refractivity contribution is -0.137. The van der Waals surface area contributed by atoms with Crippen molar-refractivity contribution in [1.82, 2.24) is 15.2 Å². The van der Waals surface area contributed by atoms with E-state index in [4.69, 9.17) is 0 Å². The molecule has 1 aromatic carbocycles. The van der Waals surface area contributed by atoms with Gasteiger partial charge in [-0.05, 0) is 38.1 Å². The molecule has 0 bridgehead atoms. The summed E-state index contributed by atoms with van der Waals surface area (Å²) in [6.07, 6.45) is -2.92. The van der Waals surface area contributed by atoms with Crippen molar-refractivity contribution in [2.24, 2.45) is 0 Å². The highest BCUT2D eigenvalue weighted by atomic mass is 19.4. The lowest BCUT2D eigenvalue weighted by atomic mass is 10.2. The second kappa shape index (κ2) is 6.59. The Labute approximate surface area is 126 Å². The van der Waals surface area contributed by atoms with Crippen LogP contribution in [0.2, 0.25) is 0 Å². The molecule has 0 amide bonds. The first-order chi connectivity index (χ1) is 10.4. The molecule has 0 saturated carbocycles. The first kappa shape index (κ1) is 16.0. The third kappa shape index (κ3) is 3.84. The average Bonchev–Trinajstić information content (AvgIpc) is 2.48. The van der Waals surface area contributed by atoms with E-state index in [0.29, 0.717) is 17.5 Å². The number of halogens is 3. The molecule has 1 N–H and O–H groups in total. The van der Waals surface area contributed by atoms with Crippen LogP contribution in [0.1, 0.15) is 19.4 Å². The van der Waals surface area contributed by atoms with E-state index in [1.54, 1.807) is 0 Å². The predicted molar refractivity (Wildman–Crippen MR) is 78.1 cm³/mol. The quantitative estimate of drug-likeness (QED) is 0.916. The first-order valence-electron chi connectivity index (χ1n) is 6.83. The van der Waals surface area contributed by atoms with E-state index in [2.05, 4.69) is 20.5 Å². The van der Waals surface area contributed by atoms with E-state index in [9.17, 15) is 13.2 Å². The smallest absolute Gasteiger partial charge is 0.340 e. The van der Waals surface area contributed by atoms with Crippen molar-refractivity contribution in [3.05, 3.63) is 36.0 Å². The Morgan fingerprint density at radius 3 is 2.27 bits per heavy atom. The fourth-order valence-corrected chi connectivity index (χ4v) is 1.89. The molecule has 1 heterocycles. The van der Waals surface area contributed by atoms with Gasteiger partial charge in [0.1, 0.15) is 0 Å². The summed E-state index contributed by atoms with van der Waals surface area (Å²) in [4.78, 5) is 6.22. The summed E-state index contributed by atoms with van der Waals surface area (Å²) in [7, 11) is 0. The van der Waals surface area contributed by atoms with Gasteiger partial charge in [-0.15, -0.1) is 5.10 Å². The van der Waals surface area contributed by atoms with Gasteiger partial charge in [0.2, 0.25) is 5.95 Å². The van der Waals surface area contributed by atoms with Crippen LogP contribution in [0.5, 0.6) is 0 Å². The summed E-state index contributed by atoms with van der Waals surface area (Å²) in [5.74, 6) is 0.901. The number of benzene rings is 1. The summed E-state index contributed by atoms with van der Waals surface area (Å²) in [5, 5.41) is 10.7. The van der Waals surface area contributed by atoms with E-state index in [0.717, 1.165) is 25.2 Å². The highest BCUT2D eigenvalue weighted by Crippen LogP contribution is 2.30. The minimum Gasteiger partial charge on any atom is -0.340 e. The van der Waals surface area contributed by atoms with Crippen LogP contribution in [0.25, 0.3) is 0 Å². The minimum atomic E-state index is -4.34. The standard InChI is InChI=1S/C14H16F3N5/c1-3-22(4-2)13-20-12(9-18-21-13)19-11-7-5-10(6-8-11)14(15,16)17/h5-9H,3-4H2,1-2H3,(H,19,20,21). The van der Waals surface area contributed by atoms with E-state index >= 15 is 0 Å². The summed E-state index contributed by atoms with van der Waals surface area (Å²) >= 11 is 0. The molecular weight excluding hydrogens is 295 g/mol. The van der Waals surface area contributed by atoms with E-state index in [-0.39, 0.29) is 0 Å². The molecule has 2 rings (SSSR count). The Balaban J connectivity index is 2.15. The minimum absolute atomic E-state index is 0.427. The number of hydrogen-bond acceptors (Lipinski definition) is 5. The molecule has 0 aliphatic carbocycles. The molecule has 0 spiro atoms. The van der Waals surface area contributed by atoms with Crippen LogP contribution >= 0.6 is 0 Å². The monoisotopic (exact) mass is 311 g/mol. The number of nitrogens with one attached hydrogen (secondary N) is 1. The molecule has 0 unspecified atom stereocenters. The molecule has 0 saturated heterocycles. The van der Waals surface area contributed by atoms with Gasteiger partial charge in [-0.3, -0.25) is 0 Å². The number of alkyl halides is 3. The van der Waals surface area contributed by atoms with Gasteiger partial charge in [0.25, 0.3) is 0 Å². The average molecular weight is 311 g/mol. The van der Waals surface area contributed by atoms with Gasteiger partial charge in [-0.25, -0.2) is 0 Å². The SMILES string of the molecule is CCN(CC)c1nncc(Nc2ccc(C(F)(F)F)cc2)n1. The largest absolute Gasteiger partial charge is 0.416 e. The predicted octanol–water partition coefficient (Wildman–Crippen LogP) is 3.48. The molecule has 2 aromatic rings. The van der Waals surface area contributed by atoms with Crippen molar-refractivity contribution in [3.8, 4) is 0 Å². The lowest BCUT2D eigenvalue weighted by Crippen LogP contribution is -2.24. The van der Waals surface area contributed by atoms with Crippen molar-refractivity contribution in [1.29, 1.82) is 0 Å². The van der Waals surface area contributed by atoms with Gasteiger partial charge in [-0.1, -0.05) is 0 Å². The van der Waals surface area contributed by atoms with Crippen LogP contribution in [0.4, 0.5) is 30.6 Å². The summed E-state index contributed by atoms with van der Waals surface area (Å²) in [6.45, 7) is 5.43. The van der Waals surface area contributed by atoms with Crippen molar-refractivity contribution in [3.63, 3.8) is 0 Å². The molecule has 22 heavy (non-hydrogen) atoms. The fraction of sp³-hybridized carbons (Fsp3) is 0.357. The second-order valence-corrected chi connectivity index (χ2v) is 4.51. The summed E-state index contributed by atoms with van der Waals surface area (Å²) in [6, 6.07) is 4.73. The lowest BCUT2D eigenvalue weighted by Gasteiger charge is -2.18. The van der Waals surface area contributed by atoms with Crippen molar-refractivity contribution < 1.29 is 13.2 Å². The number of rotatable bonds is 5. The van der Waals surface area contributed by atoms with E-state index in [1.165, 1.54) is 18.3 Å². The Hall–Kier alpha value is -2.38. The molecule has 0 fully saturated rings. The maximum absolute atomic E-state index is 12.5. The molecule has 0 aliphatic rings. The topological polar surface area (TPSA) is 53.9 Å². The molecule has 1 aromatic heterocycles. The normalized spacial score (nSPS) is 11.3. The fourth-order valence-electron chi connectivity index (χ4n) is 1.89. The third-order valence-corrected chi connectivity index (χ3v) is 3.08. The van der Waals surface area contributed by atoms with E-state index in [1.807, 2.05) is 18.7 Å². The zero-order valence-corrected chi connectivity index (χ0v) is 12.2. The third-order valence-electron chi connectivity index (χ3n) is 3.08. The Morgan fingerprint density at radius 1 is 1.09 bits per heavy atom. The first-order valence-corrected chi connectivity index (χ1v) is 6.83. The van der Waals surface area contributed by atoms with Crippen LogP contribution in [0.15, 0.2) is 30.5 Å². The van der Waals surface area contributed by atoms with Gasteiger partial charge < -0.3 is 10.2 Å². The molecule has 8 heteroatoms. The Bertz CT molecular complexity index is 609. The molecule has 5 nitrogen and oxygen atoms in total. The Morgan fingerprint density at radius 2 is 1.73 bits per heavy atom. The van der Waals surface area contributed by atoms with Gasteiger partial charge in [0.05, 0.1) is 11.8 Å². The van der Waals surface area contributed by atoms with Crippen molar-refractivity contribution in [2.45, 2.75) is 20.0 Å². The molecular formula is C14H16F3N5. The number of nitrogens with zero attached hydrogens (tertiary/aromatic N) is 4. The van der Waals surface area contributed by atoms with Crippen LogP contribution in [-0.2, 0) is 6.18 Å². The number of anilines is 3. The van der Waals surface area contributed by atoms with Crippen molar-refractivity contribution >= 4 is 17.5 Å². The van der Waals surface area contributed by atoms with Gasteiger partial charge in [-0.2, -0.15) is 23.3 Å². The highest BCUT2D eigenvalue weighted by Gasteiger charge is 2.29. The van der Waals surface area contributed by atoms with Crippen LogP contribution in [-0.4, -0.2) is 28.3 Å². The highest BCUT2D eigenvalue weighted by molar-refractivity contribution is 5.56. The van der Waals surface area contributed by atoms with Crippen LogP contribution in [0, 0.1) is 0 Å². The zero-order valence-electron chi connectivity index (χ0n) is 12.2. The molecule has 0 aliphatic heterocycles. The molecule has 118 valence electrons. The maximum atomic E-state index is 12.5. The van der Waals surface area contributed by atoms with Crippen molar-refractivity contribution in [2.75, 3.05) is 23.3 Å².